The summed E-state index contributed by atoms with van der Waals surface area (Å²) in [5.41, 5.74) is 3.44. The number of hydrogen-bond acceptors (Lipinski definition) is 3. The van der Waals surface area contributed by atoms with Gasteiger partial charge in [0.05, 0.1) is 5.56 Å². The van der Waals surface area contributed by atoms with Crippen molar-refractivity contribution in [3.63, 3.8) is 0 Å². The van der Waals surface area contributed by atoms with Gasteiger partial charge in [-0.2, -0.15) is 0 Å². The first-order chi connectivity index (χ1) is 10.7. The van der Waals surface area contributed by atoms with Crippen molar-refractivity contribution in [2.75, 3.05) is 31.1 Å². The van der Waals surface area contributed by atoms with E-state index >= 15 is 0 Å². The molecular formula is C18H22N2OS. The molecule has 1 aromatic heterocycles. The average molecular weight is 314 g/mol. The molecule has 2 aromatic rings. The lowest BCUT2D eigenvalue weighted by atomic mass is 10.1. The van der Waals surface area contributed by atoms with Crippen LogP contribution in [0.15, 0.2) is 35.7 Å². The minimum absolute atomic E-state index is 0.181. The van der Waals surface area contributed by atoms with Crippen LogP contribution < -0.4 is 4.90 Å². The number of anilines is 1. The molecule has 1 fully saturated rings. The van der Waals surface area contributed by atoms with Crippen LogP contribution in [0.25, 0.3) is 0 Å². The fourth-order valence-corrected chi connectivity index (χ4v) is 3.74. The van der Waals surface area contributed by atoms with Gasteiger partial charge in [0.25, 0.3) is 5.91 Å². The van der Waals surface area contributed by atoms with Crippen LogP contribution in [0.2, 0.25) is 0 Å². The van der Waals surface area contributed by atoms with E-state index in [1.807, 2.05) is 16.3 Å². The number of piperazine rings is 1. The molecule has 1 saturated heterocycles. The maximum absolute atomic E-state index is 12.6. The standard InChI is InChI=1S/C18H22N2OS/c1-3-16-12-15(13-22-16)18(21)20-10-8-19(9-11-20)17-7-5-4-6-14(17)2/h4-7,12-13H,3,8-11H2,1-2H3. The summed E-state index contributed by atoms with van der Waals surface area (Å²) in [5, 5.41) is 1.99. The van der Waals surface area contributed by atoms with Crippen molar-refractivity contribution in [1.82, 2.24) is 4.90 Å². The van der Waals surface area contributed by atoms with Gasteiger partial charge in [0.15, 0.2) is 0 Å². The van der Waals surface area contributed by atoms with Crippen molar-refractivity contribution in [1.29, 1.82) is 0 Å². The van der Waals surface area contributed by atoms with Crippen LogP contribution in [0.4, 0.5) is 5.69 Å². The molecule has 1 aliphatic heterocycles. The maximum Gasteiger partial charge on any atom is 0.254 e. The number of carbonyl (C=O) groups excluding carboxylic acids is 1. The quantitative estimate of drug-likeness (QED) is 0.864. The fraction of sp³-hybridized carbons (Fsp3) is 0.389. The summed E-state index contributed by atoms with van der Waals surface area (Å²) < 4.78 is 0. The van der Waals surface area contributed by atoms with Gasteiger partial charge in [-0.1, -0.05) is 25.1 Å². The molecule has 3 rings (SSSR count). The number of amides is 1. The zero-order valence-corrected chi connectivity index (χ0v) is 14.0. The second-order valence-corrected chi connectivity index (χ2v) is 6.72. The van der Waals surface area contributed by atoms with Crippen LogP contribution in [-0.2, 0) is 6.42 Å². The van der Waals surface area contributed by atoms with E-state index in [2.05, 4.69) is 43.0 Å². The molecule has 0 atom stereocenters. The number of thiophene rings is 1. The smallest absolute Gasteiger partial charge is 0.254 e. The summed E-state index contributed by atoms with van der Waals surface area (Å²) in [5.74, 6) is 0.181. The second kappa shape index (κ2) is 6.53. The Bertz CT molecular complexity index is 657. The van der Waals surface area contributed by atoms with Crippen molar-refractivity contribution in [2.45, 2.75) is 20.3 Å². The number of rotatable bonds is 3. The molecule has 2 heterocycles. The van der Waals surface area contributed by atoms with Crippen molar-refractivity contribution in [3.05, 3.63) is 51.7 Å². The molecule has 1 aliphatic rings. The van der Waals surface area contributed by atoms with E-state index in [9.17, 15) is 4.79 Å². The number of para-hydroxylation sites is 1. The molecule has 0 radical (unpaired) electrons. The van der Waals surface area contributed by atoms with Crippen molar-refractivity contribution < 1.29 is 4.79 Å². The average Bonchev–Trinajstić information content (AvgIpc) is 3.04. The van der Waals surface area contributed by atoms with Crippen molar-refractivity contribution >= 4 is 22.9 Å². The zero-order chi connectivity index (χ0) is 15.5. The molecule has 22 heavy (non-hydrogen) atoms. The summed E-state index contributed by atoms with van der Waals surface area (Å²) in [6.07, 6.45) is 0.999. The maximum atomic E-state index is 12.6. The number of benzene rings is 1. The Hall–Kier alpha value is -1.81. The van der Waals surface area contributed by atoms with E-state index < -0.39 is 0 Å². The first kappa shape index (κ1) is 15.1. The Balaban J connectivity index is 1.64. The van der Waals surface area contributed by atoms with Crippen LogP contribution in [0, 0.1) is 6.92 Å². The molecular weight excluding hydrogens is 292 g/mol. The van der Waals surface area contributed by atoms with Gasteiger partial charge < -0.3 is 9.80 Å². The molecule has 3 nitrogen and oxygen atoms in total. The predicted molar refractivity (Wildman–Crippen MR) is 93.0 cm³/mol. The Kier molecular flexibility index (Phi) is 4.48. The fourth-order valence-electron chi connectivity index (χ4n) is 2.93. The number of carbonyl (C=O) groups is 1. The van der Waals surface area contributed by atoms with Crippen LogP contribution in [0.5, 0.6) is 0 Å². The molecule has 0 spiro atoms. The zero-order valence-electron chi connectivity index (χ0n) is 13.2. The van der Waals surface area contributed by atoms with Crippen LogP contribution in [0.3, 0.4) is 0 Å². The Morgan fingerprint density at radius 1 is 1.18 bits per heavy atom. The monoisotopic (exact) mass is 314 g/mol. The van der Waals surface area contributed by atoms with Gasteiger partial charge in [-0.15, -0.1) is 11.3 Å². The first-order valence-electron chi connectivity index (χ1n) is 7.86. The molecule has 0 unspecified atom stereocenters. The predicted octanol–water partition coefficient (Wildman–Crippen LogP) is 3.58. The molecule has 0 N–H and O–H groups in total. The largest absolute Gasteiger partial charge is 0.368 e. The third-order valence-corrected chi connectivity index (χ3v) is 5.35. The summed E-state index contributed by atoms with van der Waals surface area (Å²) in [4.78, 5) is 18.2. The Morgan fingerprint density at radius 2 is 1.91 bits per heavy atom. The highest BCUT2D eigenvalue weighted by Gasteiger charge is 2.23. The molecule has 0 aliphatic carbocycles. The highest BCUT2D eigenvalue weighted by molar-refractivity contribution is 7.10. The minimum atomic E-state index is 0.181. The highest BCUT2D eigenvalue weighted by Crippen LogP contribution is 2.22. The van der Waals surface area contributed by atoms with Gasteiger partial charge in [-0.05, 0) is 31.0 Å². The van der Waals surface area contributed by atoms with Gasteiger partial charge >= 0.3 is 0 Å². The minimum Gasteiger partial charge on any atom is -0.368 e. The van der Waals surface area contributed by atoms with Gasteiger partial charge in [0.2, 0.25) is 0 Å². The number of aryl methyl sites for hydroxylation is 2. The molecule has 1 aromatic carbocycles. The van der Waals surface area contributed by atoms with E-state index in [1.54, 1.807) is 11.3 Å². The van der Waals surface area contributed by atoms with E-state index in [0.29, 0.717) is 0 Å². The van der Waals surface area contributed by atoms with Gasteiger partial charge in [-0.25, -0.2) is 0 Å². The SMILES string of the molecule is CCc1cc(C(=O)N2CCN(c3ccccc3C)CC2)cs1. The number of nitrogens with zero attached hydrogens (tertiary/aromatic N) is 2. The van der Waals surface area contributed by atoms with Crippen LogP contribution in [0.1, 0.15) is 27.7 Å². The molecule has 1 amide bonds. The third-order valence-electron chi connectivity index (χ3n) is 4.27. The van der Waals surface area contributed by atoms with E-state index in [0.717, 1.165) is 38.2 Å². The molecule has 116 valence electrons. The highest BCUT2D eigenvalue weighted by atomic mass is 32.1. The summed E-state index contributed by atoms with van der Waals surface area (Å²) in [6.45, 7) is 7.67. The number of hydrogen-bond donors (Lipinski definition) is 0. The van der Waals surface area contributed by atoms with E-state index in [4.69, 9.17) is 0 Å². The lowest BCUT2D eigenvalue weighted by Crippen LogP contribution is -2.48. The summed E-state index contributed by atoms with van der Waals surface area (Å²) in [6, 6.07) is 10.5. The normalized spacial score (nSPS) is 15.2. The van der Waals surface area contributed by atoms with Gasteiger partial charge in [0, 0.05) is 42.1 Å². The Morgan fingerprint density at radius 3 is 2.55 bits per heavy atom. The molecule has 0 saturated carbocycles. The Labute approximate surface area is 136 Å². The van der Waals surface area contributed by atoms with Gasteiger partial charge in [-0.3, -0.25) is 4.79 Å². The van der Waals surface area contributed by atoms with Gasteiger partial charge in [0.1, 0.15) is 0 Å². The van der Waals surface area contributed by atoms with Crippen molar-refractivity contribution in [2.24, 2.45) is 0 Å². The van der Waals surface area contributed by atoms with Crippen LogP contribution in [-0.4, -0.2) is 37.0 Å². The lowest BCUT2D eigenvalue weighted by Gasteiger charge is -2.36. The van der Waals surface area contributed by atoms with Crippen LogP contribution >= 0.6 is 11.3 Å². The molecule has 4 heteroatoms. The van der Waals surface area contributed by atoms with Crippen molar-refractivity contribution in [3.8, 4) is 0 Å². The molecule has 0 bridgehead atoms. The summed E-state index contributed by atoms with van der Waals surface area (Å²) >= 11 is 1.68. The second-order valence-electron chi connectivity index (χ2n) is 5.72. The lowest BCUT2D eigenvalue weighted by molar-refractivity contribution is 0.0747. The van der Waals surface area contributed by atoms with E-state index in [1.165, 1.54) is 16.1 Å². The topological polar surface area (TPSA) is 23.6 Å². The summed E-state index contributed by atoms with van der Waals surface area (Å²) in [7, 11) is 0. The third kappa shape index (κ3) is 3.02. The van der Waals surface area contributed by atoms with E-state index in [-0.39, 0.29) is 5.91 Å². The first-order valence-corrected chi connectivity index (χ1v) is 8.74.